The molecule has 3 N–H and O–H groups in total. The number of carbonyl (C=O) groups excluding carboxylic acids is 1. The first-order valence-electron chi connectivity index (χ1n) is 5.40. The summed E-state index contributed by atoms with van der Waals surface area (Å²) in [6, 6.07) is 10.7. The molecule has 0 aliphatic rings. The Morgan fingerprint density at radius 1 is 1.29 bits per heavy atom. The molecule has 4 heteroatoms. The van der Waals surface area contributed by atoms with Crippen LogP contribution in [0.5, 0.6) is 0 Å². The first-order chi connectivity index (χ1) is 8.31. The molecule has 0 aliphatic carbocycles. The van der Waals surface area contributed by atoms with E-state index in [1.54, 1.807) is 18.5 Å². The summed E-state index contributed by atoms with van der Waals surface area (Å²) in [5.74, 6) is -0.200. The number of aromatic amines is 1. The van der Waals surface area contributed by atoms with Crippen LogP contribution in [0.2, 0.25) is 0 Å². The Labute approximate surface area is 99.3 Å². The number of aromatic nitrogens is 1. The number of amides is 1. The summed E-state index contributed by atoms with van der Waals surface area (Å²) >= 11 is 0. The molecule has 0 aliphatic heterocycles. The minimum atomic E-state index is -0.376. The lowest BCUT2D eigenvalue weighted by Gasteiger charge is -2.16. The van der Waals surface area contributed by atoms with E-state index >= 15 is 0 Å². The predicted octanol–water partition coefficient (Wildman–Crippen LogP) is 1.48. The highest BCUT2D eigenvalue weighted by Crippen LogP contribution is 2.12. The van der Waals surface area contributed by atoms with Gasteiger partial charge < -0.3 is 15.4 Å². The molecule has 0 spiro atoms. The van der Waals surface area contributed by atoms with E-state index < -0.39 is 0 Å². The molecule has 1 heterocycles. The highest BCUT2D eigenvalue weighted by atomic mass is 16.3. The van der Waals surface area contributed by atoms with Gasteiger partial charge in [-0.15, -0.1) is 0 Å². The number of aliphatic hydroxyl groups excluding tert-OH is 1. The summed E-state index contributed by atoms with van der Waals surface area (Å²) < 4.78 is 0. The lowest BCUT2D eigenvalue weighted by Crippen LogP contribution is -2.30. The van der Waals surface area contributed by atoms with E-state index in [0.717, 1.165) is 5.56 Å². The molecule has 88 valence electrons. The Kier molecular flexibility index (Phi) is 3.57. The highest BCUT2D eigenvalue weighted by Gasteiger charge is 2.14. The third kappa shape index (κ3) is 2.73. The van der Waals surface area contributed by atoms with Crippen LogP contribution in [-0.2, 0) is 0 Å². The Morgan fingerprint density at radius 3 is 2.65 bits per heavy atom. The molecule has 4 nitrogen and oxygen atoms in total. The van der Waals surface area contributed by atoms with Crippen molar-refractivity contribution in [2.75, 3.05) is 6.61 Å². The van der Waals surface area contributed by atoms with Crippen molar-refractivity contribution in [1.82, 2.24) is 10.3 Å². The quantitative estimate of drug-likeness (QED) is 0.744. The number of nitrogens with one attached hydrogen (secondary N) is 2. The standard InChI is InChI=1S/C13H14N2O2/c16-9-12(10-4-2-1-3-5-10)15-13(17)11-6-7-14-8-11/h1-8,12,14,16H,9H2,(H,15,17)/t12-/m0/s1. The van der Waals surface area contributed by atoms with Crippen molar-refractivity contribution >= 4 is 5.91 Å². The van der Waals surface area contributed by atoms with Gasteiger partial charge in [-0.05, 0) is 11.6 Å². The van der Waals surface area contributed by atoms with Crippen molar-refractivity contribution < 1.29 is 9.90 Å². The van der Waals surface area contributed by atoms with Crippen LogP contribution in [0.1, 0.15) is 22.0 Å². The molecule has 0 saturated carbocycles. The summed E-state index contributed by atoms with van der Waals surface area (Å²) in [4.78, 5) is 14.6. The van der Waals surface area contributed by atoms with Crippen molar-refractivity contribution in [1.29, 1.82) is 0 Å². The van der Waals surface area contributed by atoms with Gasteiger partial charge in [-0.25, -0.2) is 0 Å². The normalized spacial score (nSPS) is 12.1. The monoisotopic (exact) mass is 230 g/mol. The molecular formula is C13H14N2O2. The fraction of sp³-hybridized carbons (Fsp3) is 0.154. The van der Waals surface area contributed by atoms with Crippen molar-refractivity contribution in [3.63, 3.8) is 0 Å². The van der Waals surface area contributed by atoms with E-state index in [9.17, 15) is 9.90 Å². The van der Waals surface area contributed by atoms with E-state index in [2.05, 4.69) is 10.3 Å². The summed E-state index contributed by atoms with van der Waals surface area (Å²) in [6.07, 6.45) is 3.31. The van der Waals surface area contributed by atoms with Crippen LogP contribution in [0.25, 0.3) is 0 Å². The predicted molar refractivity (Wildman–Crippen MR) is 64.5 cm³/mol. The lowest BCUT2D eigenvalue weighted by atomic mass is 10.1. The van der Waals surface area contributed by atoms with Gasteiger partial charge >= 0.3 is 0 Å². The number of benzene rings is 1. The number of H-pyrrole nitrogens is 1. The van der Waals surface area contributed by atoms with Gasteiger partial charge in [-0.3, -0.25) is 4.79 Å². The first kappa shape index (κ1) is 11.4. The third-order valence-corrected chi connectivity index (χ3v) is 2.55. The molecule has 2 aromatic rings. The van der Waals surface area contributed by atoms with Crippen molar-refractivity contribution in [3.8, 4) is 0 Å². The molecule has 1 atom stereocenters. The maximum absolute atomic E-state index is 11.8. The second-order valence-corrected chi connectivity index (χ2v) is 3.72. The average Bonchev–Trinajstić information content (AvgIpc) is 2.90. The molecule has 0 fully saturated rings. The van der Waals surface area contributed by atoms with Crippen LogP contribution in [0.4, 0.5) is 0 Å². The molecule has 0 bridgehead atoms. The van der Waals surface area contributed by atoms with Crippen LogP contribution in [0.15, 0.2) is 48.8 Å². The van der Waals surface area contributed by atoms with Crippen molar-refractivity contribution in [3.05, 3.63) is 59.9 Å². The maximum atomic E-state index is 11.8. The number of hydrogen-bond donors (Lipinski definition) is 3. The summed E-state index contributed by atoms with van der Waals surface area (Å²) in [5, 5.41) is 12.1. The fourth-order valence-corrected chi connectivity index (χ4v) is 1.63. The molecule has 0 radical (unpaired) electrons. The molecule has 0 saturated heterocycles. The number of hydrogen-bond acceptors (Lipinski definition) is 2. The lowest BCUT2D eigenvalue weighted by molar-refractivity contribution is 0.0916. The number of carbonyl (C=O) groups is 1. The van der Waals surface area contributed by atoms with E-state index in [4.69, 9.17) is 0 Å². The molecule has 1 aromatic heterocycles. The zero-order valence-electron chi connectivity index (χ0n) is 9.26. The highest BCUT2D eigenvalue weighted by molar-refractivity contribution is 5.94. The third-order valence-electron chi connectivity index (χ3n) is 2.55. The van der Waals surface area contributed by atoms with Gasteiger partial charge in [-0.2, -0.15) is 0 Å². The Morgan fingerprint density at radius 2 is 2.06 bits per heavy atom. The molecule has 1 aromatic carbocycles. The zero-order chi connectivity index (χ0) is 12.1. The van der Waals surface area contributed by atoms with Gasteiger partial charge in [0, 0.05) is 12.4 Å². The Bertz CT molecular complexity index is 465. The maximum Gasteiger partial charge on any atom is 0.253 e. The Balaban J connectivity index is 2.09. The van der Waals surface area contributed by atoms with Crippen LogP contribution in [-0.4, -0.2) is 22.6 Å². The van der Waals surface area contributed by atoms with Crippen LogP contribution in [0, 0.1) is 0 Å². The Hall–Kier alpha value is -2.07. The molecule has 2 rings (SSSR count). The van der Waals surface area contributed by atoms with E-state index in [-0.39, 0.29) is 18.6 Å². The van der Waals surface area contributed by atoms with Crippen molar-refractivity contribution in [2.24, 2.45) is 0 Å². The summed E-state index contributed by atoms with van der Waals surface area (Å²) in [7, 11) is 0. The molecule has 1 amide bonds. The summed E-state index contributed by atoms with van der Waals surface area (Å²) in [5.41, 5.74) is 1.44. The SMILES string of the molecule is O=C(N[C@@H](CO)c1ccccc1)c1cc[nH]c1. The second-order valence-electron chi connectivity index (χ2n) is 3.72. The van der Waals surface area contributed by atoms with E-state index in [1.807, 2.05) is 30.3 Å². The number of aliphatic hydroxyl groups is 1. The van der Waals surface area contributed by atoms with E-state index in [1.165, 1.54) is 0 Å². The molecule has 0 unspecified atom stereocenters. The minimum Gasteiger partial charge on any atom is -0.394 e. The van der Waals surface area contributed by atoms with Gasteiger partial charge in [0.15, 0.2) is 0 Å². The average molecular weight is 230 g/mol. The van der Waals surface area contributed by atoms with Crippen LogP contribution < -0.4 is 5.32 Å². The van der Waals surface area contributed by atoms with Gasteiger partial charge in [0.1, 0.15) is 0 Å². The van der Waals surface area contributed by atoms with E-state index in [0.29, 0.717) is 5.56 Å². The van der Waals surface area contributed by atoms with Crippen LogP contribution in [0.3, 0.4) is 0 Å². The minimum absolute atomic E-state index is 0.125. The topological polar surface area (TPSA) is 65.1 Å². The van der Waals surface area contributed by atoms with Gasteiger partial charge in [0.25, 0.3) is 5.91 Å². The largest absolute Gasteiger partial charge is 0.394 e. The smallest absolute Gasteiger partial charge is 0.253 e. The van der Waals surface area contributed by atoms with Gasteiger partial charge in [0.05, 0.1) is 18.2 Å². The van der Waals surface area contributed by atoms with Crippen molar-refractivity contribution in [2.45, 2.75) is 6.04 Å². The van der Waals surface area contributed by atoms with Gasteiger partial charge in [0.2, 0.25) is 0 Å². The first-order valence-corrected chi connectivity index (χ1v) is 5.40. The number of rotatable bonds is 4. The fourth-order valence-electron chi connectivity index (χ4n) is 1.63. The molecular weight excluding hydrogens is 216 g/mol. The second kappa shape index (κ2) is 5.32. The molecule has 17 heavy (non-hydrogen) atoms. The van der Waals surface area contributed by atoms with Crippen LogP contribution >= 0.6 is 0 Å². The zero-order valence-corrected chi connectivity index (χ0v) is 9.26. The summed E-state index contributed by atoms with van der Waals surface area (Å²) in [6.45, 7) is -0.125. The van der Waals surface area contributed by atoms with Gasteiger partial charge in [-0.1, -0.05) is 30.3 Å².